The summed E-state index contributed by atoms with van der Waals surface area (Å²) in [6, 6.07) is 0.0147. The molecule has 0 bridgehead atoms. The Kier molecular flexibility index (Phi) is 19.5. The molecular formula is C24H51NO7P+. The van der Waals surface area contributed by atoms with E-state index < -0.39 is 7.82 Å². The lowest BCUT2D eigenvalue weighted by molar-refractivity contribution is -0.896. The summed E-state index contributed by atoms with van der Waals surface area (Å²) in [5.41, 5.74) is 0. The first-order valence-corrected chi connectivity index (χ1v) is 14.3. The van der Waals surface area contributed by atoms with Gasteiger partial charge in [0.2, 0.25) is 0 Å². The topological polar surface area (TPSA) is 102 Å². The van der Waals surface area contributed by atoms with Crippen LogP contribution in [0.4, 0.5) is 0 Å². The number of phosphoric acid groups is 1. The van der Waals surface area contributed by atoms with E-state index in [1.54, 1.807) is 0 Å². The second-order valence-corrected chi connectivity index (χ2v) is 11.1. The number of hydrogen-bond donors (Lipinski definition) is 2. The monoisotopic (exact) mass is 496 g/mol. The van der Waals surface area contributed by atoms with Gasteiger partial charge in [-0.15, -0.1) is 0 Å². The molecule has 1 unspecified atom stereocenters. The van der Waals surface area contributed by atoms with E-state index in [9.17, 15) is 9.36 Å². The van der Waals surface area contributed by atoms with Gasteiger partial charge < -0.3 is 23.7 Å². The van der Waals surface area contributed by atoms with E-state index in [-0.39, 0.29) is 18.6 Å². The van der Waals surface area contributed by atoms with Gasteiger partial charge in [0.25, 0.3) is 0 Å². The number of ether oxygens (including phenoxy) is 2. The Balaban J connectivity index is 3.48. The van der Waals surface area contributed by atoms with Gasteiger partial charge in [-0.1, -0.05) is 58.3 Å². The molecule has 8 nitrogen and oxygen atoms in total. The minimum absolute atomic E-state index is 0.0147. The SMILES string of the molecule is CCCCOC(=O)CCCCCCCCCCCOCCCC(COP(=O)(O)O)[N+](C)(C)C. The summed E-state index contributed by atoms with van der Waals surface area (Å²) < 4.78 is 27.1. The maximum Gasteiger partial charge on any atom is 0.469 e. The van der Waals surface area contributed by atoms with Gasteiger partial charge in [-0.05, 0) is 25.7 Å². The van der Waals surface area contributed by atoms with Crippen LogP contribution in [0.5, 0.6) is 0 Å². The molecule has 2 N–H and O–H groups in total. The van der Waals surface area contributed by atoms with E-state index in [0.717, 1.165) is 51.6 Å². The zero-order chi connectivity index (χ0) is 25.0. The van der Waals surface area contributed by atoms with Crippen LogP contribution >= 0.6 is 7.82 Å². The summed E-state index contributed by atoms with van der Waals surface area (Å²) >= 11 is 0. The van der Waals surface area contributed by atoms with Gasteiger partial charge in [-0.3, -0.25) is 9.32 Å². The lowest BCUT2D eigenvalue weighted by Crippen LogP contribution is -2.47. The van der Waals surface area contributed by atoms with Gasteiger partial charge in [-0.25, -0.2) is 4.57 Å². The van der Waals surface area contributed by atoms with E-state index in [0.29, 0.717) is 24.1 Å². The number of hydrogen-bond acceptors (Lipinski definition) is 5. The van der Waals surface area contributed by atoms with Crippen LogP contribution in [0.1, 0.15) is 96.8 Å². The predicted octanol–water partition coefficient (Wildman–Crippen LogP) is 5.21. The third kappa shape index (κ3) is 23.0. The molecule has 0 aromatic heterocycles. The molecule has 0 aromatic rings. The van der Waals surface area contributed by atoms with Crippen LogP contribution in [0.3, 0.4) is 0 Å². The first-order chi connectivity index (χ1) is 15.6. The molecule has 0 aliphatic heterocycles. The summed E-state index contributed by atoms with van der Waals surface area (Å²) in [6.07, 6.45) is 14.7. The molecule has 0 saturated heterocycles. The van der Waals surface area contributed by atoms with E-state index in [4.69, 9.17) is 23.8 Å². The molecule has 198 valence electrons. The number of carbonyl (C=O) groups excluding carboxylic acids is 1. The molecule has 33 heavy (non-hydrogen) atoms. The largest absolute Gasteiger partial charge is 0.469 e. The van der Waals surface area contributed by atoms with Crippen LogP contribution in [-0.2, 0) is 23.4 Å². The quantitative estimate of drug-likeness (QED) is 0.0866. The first-order valence-electron chi connectivity index (χ1n) is 12.8. The predicted molar refractivity (Wildman–Crippen MR) is 132 cm³/mol. The molecule has 0 spiro atoms. The molecule has 0 aromatic carbocycles. The highest BCUT2D eigenvalue weighted by Crippen LogP contribution is 2.36. The molecule has 9 heteroatoms. The molecule has 0 heterocycles. The average Bonchev–Trinajstić information content (AvgIpc) is 2.71. The molecule has 0 aliphatic rings. The average molecular weight is 497 g/mol. The smallest absolute Gasteiger partial charge is 0.466 e. The van der Waals surface area contributed by atoms with Crippen molar-refractivity contribution in [2.45, 2.75) is 103 Å². The van der Waals surface area contributed by atoms with Crippen molar-refractivity contribution < 1.29 is 37.6 Å². The van der Waals surface area contributed by atoms with Crippen LogP contribution in [0, 0.1) is 0 Å². The summed E-state index contributed by atoms with van der Waals surface area (Å²) in [6.45, 7) is 4.13. The number of phosphoric ester groups is 1. The van der Waals surface area contributed by atoms with E-state index in [1.165, 1.54) is 38.5 Å². The Morgan fingerprint density at radius 3 is 1.91 bits per heavy atom. The van der Waals surface area contributed by atoms with Crippen LogP contribution in [-0.4, -0.2) is 73.9 Å². The highest BCUT2D eigenvalue weighted by Gasteiger charge is 2.27. The zero-order valence-electron chi connectivity index (χ0n) is 21.6. The fraction of sp³-hybridized carbons (Fsp3) is 0.958. The number of likely N-dealkylation sites (N-methyl/N-ethyl adjacent to an activating group) is 1. The Hall–Kier alpha value is -0.500. The Labute approximate surface area is 202 Å². The summed E-state index contributed by atoms with van der Waals surface area (Å²) in [5, 5.41) is 0. The molecule has 0 fully saturated rings. The van der Waals surface area contributed by atoms with Crippen molar-refractivity contribution in [2.24, 2.45) is 0 Å². The molecule has 0 saturated carbocycles. The molecule has 1 atom stereocenters. The summed E-state index contributed by atoms with van der Waals surface area (Å²) in [7, 11) is 1.57. The Morgan fingerprint density at radius 2 is 1.36 bits per heavy atom. The highest BCUT2D eigenvalue weighted by molar-refractivity contribution is 7.46. The molecular weight excluding hydrogens is 445 g/mol. The van der Waals surface area contributed by atoms with Crippen LogP contribution in [0.25, 0.3) is 0 Å². The Morgan fingerprint density at radius 1 is 0.818 bits per heavy atom. The van der Waals surface area contributed by atoms with E-state index in [1.807, 2.05) is 21.1 Å². The summed E-state index contributed by atoms with van der Waals surface area (Å²) in [5.74, 6) is -0.0484. The lowest BCUT2D eigenvalue weighted by atomic mass is 10.1. The third-order valence-electron chi connectivity index (χ3n) is 5.79. The van der Waals surface area contributed by atoms with Gasteiger partial charge in [0.1, 0.15) is 12.6 Å². The zero-order valence-corrected chi connectivity index (χ0v) is 22.5. The van der Waals surface area contributed by atoms with Crippen molar-refractivity contribution in [3.63, 3.8) is 0 Å². The molecule has 0 amide bonds. The third-order valence-corrected chi connectivity index (χ3v) is 6.27. The van der Waals surface area contributed by atoms with E-state index in [2.05, 4.69) is 6.92 Å². The second-order valence-electron chi connectivity index (χ2n) is 9.82. The van der Waals surface area contributed by atoms with Gasteiger partial charge in [0.05, 0.1) is 27.7 Å². The normalized spacial score (nSPS) is 13.3. The second kappa shape index (κ2) is 19.8. The van der Waals surface area contributed by atoms with Gasteiger partial charge >= 0.3 is 13.8 Å². The van der Waals surface area contributed by atoms with Crippen molar-refractivity contribution in [1.29, 1.82) is 0 Å². The number of carbonyl (C=O) groups is 1. The standard InChI is InChI=1S/C24H50NO7P/c1-5-6-21-31-24(26)18-14-12-10-8-7-9-11-13-15-19-30-20-16-17-23(25(2,3)4)22-32-33(27,28)29/h23H,5-22H2,1-4H3,(H-,27,28,29)/p+1. The maximum absolute atomic E-state index is 11.5. The van der Waals surface area contributed by atoms with E-state index >= 15 is 0 Å². The number of quaternary nitrogens is 1. The Bertz CT molecular complexity index is 519. The number of unbranched alkanes of at least 4 members (excludes halogenated alkanes) is 9. The fourth-order valence-corrected chi connectivity index (χ4v) is 3.88. The molecule has 0 aliphatic carbocycles. The van der Waals surface area contributed by atoms with Gasteiger partial charge in [0.15, 0.2) is 0 Å². The van der Waals surface area contributed by atoms with Gasteiger partial charge in [-0.2, -0.15) is 0 Å². The minimum atomic E-state index is -4.43. The number of esters is 1. The lowest BCUT2D eigenvalue weighted by Gasteiger charge is -2.34. The molecule has 0 radical (unpaired) electrons. The van der Waals surface area contributed by atoms with Crippen LogP contribution in [0.15, 0.2) is 0 Å². The van der Waals surface area contributed by atoms with Crippen molar-refractivity contribution >= 4 is 13.8 Å². The first kappa shape index (κ1) is 32.5. The number of rotatable bonds is 23. The molecule has 0 rings (SSSR count). The minimum Gasteiger partial charge on any atom is -0.466 e. The van der Waals surface area contributed by atoms with Crippen LogP contribution in [0.2, 0.25) is 0 Å². The van der Waals surface area contributed by atoms with Crippen molar-refractivity contribution in [3.05, 3.63) is 0 Å². The van der Waals surface area contributed by atoms with Crippen molar-refractivity contribution in [2.75, 3.05) is 47.6 Å². The fourth-order valence-electron chi connectivity index (χ4n) is 3.51. The van der Waals surface area contributed by atoms with Crippen LogP contribution < -0.4 is 0 Å². The van der Waals surface area contributed by atoms with Crippen molar-refractivity contribution in [1.82, 2.24) is 0 Å². The highest BCUT2D eigenvalue weighted by atomic mass is 31.2. The van der Waals surface area contributed by atoms with Crippen molar-refractivity contribution in [3.8, 4) is 0 Å². The summed E-state index contributed by atoms with van der Waals surface area (Å²) in [4.78, 5) is 29.3. The van der Waals surface area contributed by atoms with Gasteiger partial charge in [0, 0.05) is 26.1 Å². The maximum atomic E-state index is 11.5. The number of nitrogens with zero attached hydrogens (tertiary/aromatic N) is 1.